The average molecular weight is 411 g/mol. The van der Waals surface area contributed by atoms with Crippen LogP contribution in [0.15, 0.2) is 28.9 Å². The number of halogens is 1. The first-order valence-electron chi connectivity index (χ1n) is 7.49. The molecule has 0 aliphatic carbocycles. The minimum absolute atomic E-state index is 0.177. The van der Waals surface area contributed by atoms with Crippen LogP contribution in [0.4, 0.5) is 5.13 Å². The average Bonchev–Trinajstić information content (AvgIpc) is 3.23. The molecule has 3 aromatic rings. The number of ether oxygens (including phenoxy) is 1. The van der Waals surface area contributed by atoms with Gasteiger partial charge in [0.05, 0.1) is 5.75 Å². The molecular formula is C15H15ClN6O2S2. The summed E-state index contributed by atoms with van der Waals surface area (Å²) in [5, 5.41) is 20.1. The van der Waals surface area contributed by atoms with E-state index in [9.17, 15) is 4.79 Å². The zero-order valence-electron chi connectivity index (χ0n) is 14.0. The Morgan fingerprint density at radius 2 is 2.23 bits per heavy atom. The van der Waals surface area contributed by atoms with Gasteiger partial charge in [-0.25, -0.2) is 0 Å². The summed E-state index contributed by atoms with van der Waals surface area (Å²) in [7, 11) is 1.83. The highest BCUT2D eigenvalue weighted by atomic mass is 35.5. The summed E-state index contributed by atoms with van der Waals surface area (Å²) >= 11 is 8.49. The molecule has 11 heteroatoms. The van der Waals surface area contributed by atoms with Gasteiger partial charge in [-0.05, 0) is 30.7 Å². The Balaban J connectivity index is 1.54. The predicted octanol–water partition coefficient (Wildman–Crippen LogP) is 2.94. The summed E-state index contributed by atoms with van der Waals surface area (Å²) in [6.45, 7) is 2.19. The molecule has 1 amide bonds. The van der Waals surface area contributed by atoms with Gasteiger partial charge in [0.2, 0.25) is 11.0 Å². The van der Waals surface area contributed by atoms with E-state index in [0.717, 1.165) is 11.3 Å². The lowest BCUT2D eigenvalue weighted by Gasteiger charge is -2.09. The molecule has 0 saturated heterocycles. The molecule has 0 saturated carbocycles. The van der Waals surface area contributed by atoms with E-state index in [2.05, 4.69) is 25.7 Å². The van der Waals surface area contributed by atoms with Crippen molar-refractivity contribution >= 4 is 45.7 Å². The number of hydrogen-bond donors (Lipinski definition) is 1. The van der Waals surface area contributed by atoms with Crippen molar-refractivity contribution in [2.45, 2.75) is 18.7 Å². The van der Waals surface area contributed by atoms with Crippen molar-refractivity contribution in [3.8, 4) is 5.75 Å². The Kier molecular flexibility index (Phi) is 6.07. The second-order valence-electron chi connectivity index (χ2n) is 5.24. The minimum atomic E-state index is -0.177. The minimum Gasteiger partial charge on any atom is -0.485 e. The van der Waals surface area contributed by atoms with Crippen molar-refractivity contribution < 1.29 is 9.53 Å². The van der Waals surface area contributed by atoms with Gasteiger partial charge in [0.15, 0.2) is 11.0 Å². The number of rotatable bonds is 7. The lowest BCUT2D eigenvalue weighted by Crippen LogP contribution is -2.14. The van der Waals surface area contributed by atoms with E-state index in [1.807, 2.05) is 26.1 Å². The summed E-state index contributed by atoms with van der Waals surface area (Å²) in [6.07, 6.45) is 0. The molecule has 3 rings (SSSR count). The Morgan fingerprint density at radius 1 is 1.38 bits per heavy atom. The number of nitrogens with one attached hydrogen (secondary N) is 1. The largest absolute Gasteiger partial charge is 0.485 e. The van der Waals surface area contributed by atoms with Crippen LogP contribution in [0.1, 0.15) is 11.4 Å². The second kappa shape index (κ2) is 8.47. The number of carbonyl (C=O) groups excluding carboxylic acids is 1. The van der Waals surface area contributed by atoms with Crippen LogP contribution in [0.25, 0.3) is 0 Å². The molecule has 136 valence electrons. The van der Waals surface area contributed by atoms with Crippen molar-refractivity contribution in [3.05, 3.63) is 40.1 Å². The smallest absolute Gasteiger partial charge is 0.236 e. The van der Waals surface area contributed by atoms with E-state index < -0.39 is 0 Å². The Hall–Kier alpha value is -2.17. The number of aromatic nitrogens is 5. The SMILES string of the molecule is Cc1cc(Cl)ccc1OCc1nnc(SCC(=O)Nc2nncs2)n1C. The zero-order chi connectivity index (χ0) is 18.5. The van der Waals surface area contributed by atoms with E-state index in [1.165, 1.54) is 23.1 Å². The third kappa shape index (κ3) is 4.71. The number of amides is 1. The molecule has 2 aromatic heterocycles. The highest BCUT2D eigenvalue weighted by molar-refractivity contribution is 7.99. The van der Waals surface area contributed by atoms with Crippen LogP contribution in [-0.4, -0.2) is 36.6 Å². The van der Waals surface area contributed by atoms with Crippen molar-refractivity contribution in [1.29, 1.82) is 0 Å². The van der Waals surface area contributed by atoms with E-state index >= 15 is 0 Å². The van der Waals surface area contributed by atoms with Gasteiger partial charge in [0.1, 0.15) is 17.9 Å². The lowest BCUT2D eigenvalue weighted by molar-refractivity contribution is -0.113. The molecule has 0 fully saturated rings. The van der Waals surface area contributed by atoms with E-state index in [1.54, 1.807) is 16.1 Å². The fraction of sp³-hybridized carbons (Fsp3) is 0.267. The predicted molar refractivity (Wildman–Crippen MR) is 101 cm³/mol. The van der Waals surface area contributed by atoms with Crippen molar-refractivity contribution in [3.63, 3.8) is 0 Å². The molecule has 0 aliphatic heterocycles. The van der Waals surface area contributed by atoms with Gasteiger partial charge in [-0.1, -0.05) is 34.7 Å². The molecule has 1 N–H and O–H groups in total. The topological polar surface area (TPSA) is 94.8 Å². The van der Waals surface area contributed by atoms with Crippen molar-refractivity contribution in [2.75, 3.05) is 11.1 Å². The Labute approximate surface area is 162 Å². The van der Waals surface area contributed by atoms with Crippen LogP contribution in [0, 0.1) is 6.92 Å². The van der Waals surface area contributed by atoms with Gasteiger partial charge < -0.3 is 9.30 Å². The van der Waals surface area contributed by atoms with E-state index in [4.69, 9.17) is 16.3 Å². The third-order valence-electron chi connectivity index (χ3n) is 3.36. The van der Waals surface area contributed by atoms with Gasteiger partial charge in [0, 0.05) is 12.1 Å². The zero-order valence-corrected chi connectivity index (χ0v) is 16.4. The maximum atomic E-state index is 11.9. The highest BCUT2D eigenvalue weighted by Crippen LogP contribution is 2.23. The maximum absolute atomic E-state index is 11.9. The van der Waals surface area contributed by atoms with Gasteiger partial charge in [-0.2, -0.15) is 0 Å². The summed E-state index contributed by atoms with van der Waals surface area (Å²) in [6, 6.07) is 5.44. The number of carbonyl (C=O) groups is 1. The quantitative estimate of drug-likeness (QED) is 0.598. The molecule has 2 heterocycles. The Bertz CT molecular complexity index is 900. The summed E-state index contributed by atoms with van der Waals surface area (Å²) in [4.78, 5) is 11.9. The van der Waals surface area contributed by atoms with Gasteiger partial charge in [-0.3, -0.25) is 10.1 Å². The maximum Gasteiger partial charge on any atom is 0.236 e. The van der Waals surface area contributed by atoms with Crippen molar-refractivity contribution in [2.24, 2.45) is 7.05 Å². The summed E-state index contributed by atoms with van der Waals surface area (Å²) in [5.41, 5.74) is 2.50. The number of nitrogens with zero attached hydrogens (tertiary/aromatic N) is 5. The molecule has 0 aliphatic rings. The first-order chi connectivity index (χ1) is 12.5. The van der Waals surface area contributed by atoms with Crippen LogP contribution in [0.2, 0.25) is 5.02 Å². The first-order valence-corrected chi connectivity index (χ1v) is 9.73. The number of aryl methyl sites for hydroxylation is 1. The summed E-state index contributed by atoms with van der Waals surface area (Å²) in [5.74, 6) is 1.42. The van der Waals surface area contributed by atoms with Crippen molar-refractivity contribution in [1.82, 2.24) is 25.0 Å². The normalized spacial score (nSPS) is 10.7. The first kappa shape index (κ1) is 18.6. The third-order valence-corrected chi connectivity index (χ3v) is 5.22. The van der Waals surface area contributed by atoms with E-state index in [-0.39, 0.29) is 18.3 Å². The second-order valence-corrected chi connectivity index (χ2v) is 7.45. The monoisotopic (exact) mass is 410 g/mol. The van der Waals surface area contributed by atoms with Crippen LogP contribution < -0.4 is 10.1 Å². The highest BCUT2D eigenvalue weighted by Gasteiger charge is 2.13. The molecule has 0 bridgehead atoms. The molecule has 8 nitrogen and oxygen atoms in total. The van der Waals surface area contributed by atoms with Gasteiger partial charge in [-0.15, -0.1) is 20.4 Å². The van der Waals surface area contributed by atoms with Crippen LogP contribution >= 0.6 is 34.7 Å². The Morgan fingerprint density at radius 3 is 2.96 bits per heavy atom. The fourth-order valence-corrected chi connectivity index (χ4v) is 3.44. The van der Waals surface area contributed by atoms with Crippen LogP contribution in [-0.2, 0) is 18.4 Å². The van der Waals surface area contributed by atoms with Crippen LogP contribution in [0.3, 0.4) is 0 Å². The molecule has 1 aromatic carbocycles. The fourth-order valence-electron chi connectivity index (χ4n) is 2.03. The van der Waals surface area contributed by atoms with Gasteiger partial charge in [0.25, 0.3) is 0 Å². The standard InChI is InChI=1S/C15H15ClN6O2S2/c1-9-5-10(16)3-4-11(9)24-6-12-19-21-15(22(12)2)25-7-13(23)18-14-20-17-8-26-14/h3-5,8H,6-7H2,1-2H3,(H,18,20,23). The lowest BCUT2D eigenvalue weighted by atomic mass is 10.2. The van der Waals surface area contributed by atoms with E-state index in [0.29, 0.717) is 21.1 Å². The molecule has 0 spiro atoms. The van der Waals surface area contributed by atoms with Gasteiger partial charge >= 0.3 is 0 Å². The molecule has 0 atom stereocenters. The number of anilines is 1. The molecule has 26 heavy (non-hydrogen) atoms. The number of hydrogen-bond acceptors (Lipinski definition) is 8. The number of thioether (sulfide) groups is 1. The molecule has 0 radical (unpaired) electrons. The number of benzene rings is 1. The summed E-state index contributed by atoms with van der Waals surface area (Å²) < 4.78 is 7.58. The van der Waals surface area contributed by atoms with Crippen LogP contribution in [0.5, 0.6) is 5.75 Å². The molecule has 0 unspecified atom stereocenters. The molecular weight excluding hydrogens is 396 g/mol.